The molecule has 1 aromatic rings. The molecule has 0 spiro atoms. The maximum Gasteiger partial charge on any atom is 0.257 e. The quantitative estimate of drug-likeness (QED) is 0.816. The minimum absolute atomic E-state index is 0. The fourth-order valence-electron chi connectivity index (χ4n) is 2.13. The zero-order valence-electron chi connectivity index (χ0n) is 11.2. The highest BCUT2D eigenvalue weighted by Crippen LogP contribution is 2.17. The van der Waals surface area contributed by atoms with Gasteiger partial charge in [0.05, 0.1) is 0 Å². The first-order valence-corrected chi connectivity index (χ1v) is 7.39. The fourth-order valence-corrected chi connectivity index (χ4v) is 2.51. The lowest BCUT2D eigenvalue weighted by molar-refractivity contribution is -0.123. The van der Waals surface area contributed by atoms with E-state index in [-0.39, 0.29) is 24.9 Å². The number of hydrogen-bond donors (Lipinski definition) is 2. The summed E-state index contributed by atoms with van der Waals surface area (Å²) in [4.78, 5) is 11.6. The second-order valence-electron chi connectivity index (χ2n) is 4.74. The van der Waals surface area contributed by atoms with Crippen LogP contribution in [0.4, 0.5) is 0 Å². The third-order valence-electron chi connectivity index (χ3n) is 3.20. The topological polar surface area (TPSA) is 50.4 Å². The predicted octanol–water partition coefficient (Wildman–Crippen LogP) is 2.37. The number of halogens is 2. The number of rotatable bonds is 6. The van der Waals surface area contributed by atoms with Gasteiger partial charge in [-0.15, -0.1) is 12.4 Å². The van der Waals surface area contributed by atoms with E-state index in [0.29, 0.717) is 11.7 Å². The van der Waals surface area contributed by atoms with Crippen LogP contribution in [0, 0.1) is 5.92 Å². The summed E-state index contributed by atoms with van der Waals surface area (Å²) >= 11 is 3.36. The molecule has 1 atom stereocenters. The molecule has 6 heteroatoms. The number of nitrogens with one attached hydrogen (secondary N) is 2. The van der Waals surface area contributed by atoms with Crippen LogP contribution in [0.5, 0.6) is 5.75 Å². The number of amides is 1. The van der Waals surface area contributed by atoms with Gasteiger partial charge in [-0.1, -0.05) is 22.0 Å². The van der Waals surface area contributed by atoms with Gasteiger partial charge in [0.2, 0.25) is 0 Å². The Morgan fingerprint density at radius 3 is 3.05 bits per heavy atom. The van der Waals surface area contributed by atoms with E-state index in [0.717, 1.165) is 30.5 Å². The van der Waals surface area contributed by atoms with Crippen molar-refractivity contribution in [3.05, 3.63) is 28.7 Å². The molecular formula is C14H20BrClN2O2. The van der Waals surface area contributed by atoms with Crippen LogP contribution in [0.15, 0.2) is 28.7 Å². The van der Waals surface area contributed by atoms with Crippen LogP contribution in [-0.4, -0.2) is 32.1 Å². The molecule has 4 nitrogen and oxygen atoms in total. The molecule has 1 amide bonds. The summed E-state index contributed by atoms with van der Waals surface area (Å²) in [7, 11) is 0. The van der Waals surface area contributed by atoms with Crippen LogP contribution >= 0.6 is 28.3 Å². The summed E-state index contributed by atoms with van der Waals surface area (Å²) in [6.07, 6.45) is 2.25. The molecule has 20 heavy (non-hydrogen) atoms. The Balaban J connectivity index is 0.00000200. The highest BCUT2D eigenvalue weighted by Gasteiger charge is 2.14. The Morgan fingerprint density at radius 1 is 1.50 bits per heavy atom. The molecular weight excluding hydrogens is 344 g/mol. The zero-order chi connectivity index (χ0) is 13.5. The minimum atomic E-state index is -0.0640. The van der Waals surface area contributed by atoms with Gasteiger partial charge >= 0.3 is 0 Å². The summed E-state index contributed by atoms with van der Waals surface area (Å²) in [5.74, 6) is 1.33. The van der Waals surface area contributed by atoms with Crippen molar-refractivity contribution in [3.63, 3.8) is 0 Å². The van der Waals surface area contributed by atoms with E-state index < -0.39 is 0 Å². The third-order valence-corrected chi connectivity index (χ3v) is 3.70. The Hall–Kier alpha value is -0.780. The van der Waals surface area contributed by atoms with E-state index in [4.69, 9.17) is 4.74 Å². The normalized spacial score (nSPS) is 17.4. The van der Waals surface area contributed by atoms with Gasteiger partial charge in [-0.05, 0) is 50.0 Å². The van der Waals surface area contributed by atoms with Gasteiger partial charge in [-0.2, -0.15) is 0 Å². The summed E-state index contributed by atoms with van der Waals surface area (Å²) in [6, 6.07) is 7.48. The average Bonchev–Trinajstić information content (AvgIpc) is 2.90. The molecule has 2 N–H and O–H groups in total. The molecule has 1 heterocycles. The standard InChI is InChI=1S/C14H19BrN2O2.ClH/c15-12-2-1-3-13(8-12)19-10-14(18)17-7-5-11-4-6-16-9-11;/h1-3,8,11,16H,4-7,9-10H2,(H,17,18);1H. The van der Waals surface area contributed by atoms with Crippen molar-refractivity contribution in [1.29, 1.82) is 0 Å². The van der Waals surface area contributed by atoms with Crippen LogP contribution < -0.4 is 15.4 Å². The van der Waals surface area contributed by atoms with Gasteiger partial charge in [0.15, 0.2) is 6.61 Å². The first kappa shape index (κ1) is 17.3. The lowest BCUT2D eigenvalue weighted by atomic mass is 10.1. The van der Waals surface area contributed by atoms with Crippen molar-refractivity contribution >= 4 is 34.2 Å². The van der Waals surface area contributed by atoms with E-state index >= 15 is 0 Å². The second-order valence-corrected chi connectivity index (χ2v) is 5.66. The predicted molar refractivity (Wildman–Crippen MR) is 85.5 cm³/mol. The Morgan fingerprint density at radius 2 is 2.35 bits per heavy atom. The Bertz CT molecular complexity index is 425. The van der Waals surface area contributed by atoms with Crippen molar-refractivity contribution < 1.29 is 9.53 Å². The number of hydrogen-bond acceptors (Lipinski definition) is 3. The highest BCUT2D eigenvalue weighted by atomic mass is 79.9. The van der Waals surface area contributed by atoms with Gasteiger partial charge in [-0.25, -0.2) is 0 Å². The van der Waals surface area contributed by atoms with Gasteiger partial charge < -0.3 is 15.4 Å². The molecule has 1 aromatic carbocycles. The SMILES string of the molecule is Cl.O=C(COc1cccc(Br)c1)NCCC1CCNC1. The van der Waals surface area contributed by atoms with Crippen LogP contribution in [0.3, 0.4) is 0 Å². The number of carbonyl (C=O) groups is 1. The second kappa shape index (κ2) is 9.21. The van der Waals surface area contributed by atoms with Crippen molar-refractivity contribution in [1.82, 2.24) is 10.6 Å². The molecule has 0 aliphatic carbocycles. The number of benzene rings is 1. The lowest BCUT2D eigenvalue weighted by Gasteiger charge is -2.10. The van der Waals surface area contributed by atoms with Gasteiger partial charge in [-0.3, -0.25) is 4.79 Å². The highest BCUT2D eigenvalue weighted by molar-refractivity contribution is 9.10. The van der Waals surface area contributed by atoms with Crippen LogP contribution in [0.2, 0.25) is 0 Å². The van der Waals surface area contributed by atoms with Crippen molar-refractivity contribution in [2.45, 2.75) is 12.8 Å². The zero-order valence-corrected chi connectivity index (χ0v) is 13.6. The van der Waals surface area contributed by atoms with Crippen LogP contribution in [0.1, 0.15) is 12.8 Å². The van der Waals surface area contributed by atoms with Crippen molar-refractivity contribution in [3.8, 4) is 5.75 Å². The van der Waals surface area contributed by atoms with Gasteiger partial charge in [0.25, 0.3) is 5.91 Å². The summed E-state index contributed by atoms with van der Waals surface area (Å²) in [6.45, 7) is 2.97. The molecule has 1 aliphatic rings. The third kappa shape index (κ3) is 6.11. The Kier molecular flexibility index (Phi) is 7.95. The van der Waals surface area contributed by atoms with Gasteiger partial charge in [0, 0.05) is 11.0 Å². The molecule has 1 aliphatic heterocycles. The maximum absolute atomic E-state index is 11.6. The summed E-state index contributed by atoms with van der Waals surface area (Å²) in [5, 5.41) is 6.21. The molecule has 0 aromatic heterocycles. The molecule has 2 rings (SSSR count). The van der Waals surface area contributed by atoms with Gasteiger partial charge in [0.1, 0.15) is 5.75 Å². The molecule has 1 saturated heterocycles. The van der Waals surface area contributed by atoms with E-state index in [1.165, 1.54) is 6.42 Å². The smallest absolute Gasteiger partial charge is 0.257 e. The first-order chi connectivity index (χ1) is 9.24. The molecule has 1 fully saturated rings. The van der Waals surface area contributed by atoms with E-state index in [2.05, 4.69) is 26.6 Å². The molecule has 0 radical (unpaired) electrons. The fraction of sp³-hybridized carbons (Fsp3) is 0.500. The van der Waals surface area contributed by atoms with Crippen LogP contribution in [0.25, 0.3) is 0 Å². The number of ether oxygens (including phenoxy) is 1. The summed E-state index contributed by atoms with van der Waals surface area (Å²) < 4.78 is 6.36. The average molecular weight is 364 g/mol. The molecule has 0 bridgehead atoms. The van der Waals surface area contributed by atoms with Crippen molar-refractivity contribution in [2.75, 3.05) is 26.2 Å². The lowest BCUT2D eigenvalue weighted by Crippen LogP contribution is -2.30. The summed E-state index contributed by atoms with van der Waals surface area (Å²) in [5.41, 5.74) is 0. The Labute approximate surface area is 134 Å². The van der Waals surface area contributed by atoms with Crippen molar-refractivity contribution in [2.24, 2.45) is 5.92 Å². The van der Waals surface area contributed by atoms with E-state index in [9.17, 15) is 4.79 Å². The molecule has 1 unspecified atom stereocenters. The largest absolute Gasteiger partial charge is 0.484 e. The minimum Gasteiger partial charge on any atom is -0.484 e. The van der Waals surface area contributed by atoms with Crippen LogP contribution in [-0.2, 0) is 4.79 Å². The number of carbonyl (C=O) groups excluding carboxylic acids is 1. The molecule has 112 valence electrons. The monoisotopic (exact) mass is 362 g/mol. The van der Waals surface area contributed by atoms with E-state index in [1.54, 1.807) is 0 Å². The molecule has 0 saturated carbocycles. The maximum atomic E-state index is 11.6. The first-order valence-electron chi connectivity index (χ1n) is 6.60. The van der Waals surface area contributed by atoms with E-state index in [1.807, 2.05) is 24.3 Å².